The second-order valence-electron chi connectivity index (χ2n) is 5.58. The third-order valence-electron chi connectivity index (χ3n) is 4.13. The van der Waals surface area contributed by atoms with Gasteiger partial charge in [-0.25, -0.2) is 0 Å². The van der Waals surface area contributed by atoms with Gasteiger partial charge in [0.2, 0.25) is 0 Å². The normalized spacial score (nSPS) is 12.9. The van der Waals surface area contributed by atoms with Crippen molar-refractivity contribution in [3.05, 3.63) is 70.4 Å². The first kappa shape index (κ1) is 15.2. The zero-order chi connectivity index (χ0) is 16.2. The number of allylic oxidation sites excluding steroid dienone is 1. The molecule has 0 unspecified atom stereocenters. The lowest BCUT2D eigenvalue weighted by Crippen LogP contribution is -2.37. The highest BCUT2D eigenvalue weighted by molar-refractivity contribution is 5.96. The summed E-state index contributed by atoms with van der Waals surface area (Å²) in [6.45, 7) is 1.88. The molecule has 0 aromatic heterocycles. The van der Waals surface area contributed by atoms with E-state index < -0.39 is 0 Å². The van der Waals surface area contributed by atoms with E-state index in [1.807, 2.05) is 25.1 Å². The van der Waals surface area contributed by atoms with Gasteiger partial charge in [-0.05, 0) is 49.1 Å². The van der Waals surface area contributed by atoms with E-state index in [4.69, 9.17) is 4.74 Å². The molecule has 0 heterocycles. The van der Waals surface area contributed by atoms with Crippen LogP contribution in [0.15, 0.2) is 48.2 Å². The second kappa shape index (κ2) is 6.57. The minimum absolute atomic E-state index is 0.166. The maximum Gasteiger partial charge on any atom is 0.270 e. The molecule has 0 spiro atoms. The number of carbonyl (C=O) groups excluding carboxylic acids is 1. The largest absolute Gasteiger partial charge is 0.496 e. The molecule has 3 rings (SSSR count). The molecular weight excluding hydrogens is 288 g/mol. The summed E-state index contributed by atoms with van der Waals surface area (Å²) < 4.78 is 5.26. The molecule has 4 heteroatoms. The van der Waals surface area contributed by atoms with Crippen LogP contribution in [0.1, 0.15) is 33.5 Å². The smallest absolute Gasteiger partial charge is 0.270 e. The first-order chi connectivity index (χ1) is 11.2. The zero-order valence-corrected chi connectivity index (χ0v) is 13.3. The summed E-state index contributed by atoms with van der Waals surface area (Å²) in [6, 6.07) is 13.8. The number of hydrogen-bond acceptors (Lipinski definition) is 3. The van der Waals surface area contributed by atoms with Gasteiger partial charge in [-0.15, -0.1) is 0 Å². The first-order valence-electron chi connectivity index (χ1n) is 7.67. The van der Waals surface area contributed by atoms with Gasteiger partial charge in [-0.1, -0.05) is 30.3 Å². The molecule has 2 aromatic rings. The van der Waals surface area contributed by atoms with Crippen molar-refractivity contribution in [2.75, 3.05) is 7.11 Å². The summed E-state index contributed by atoms with van der Waals surface area (Å²) in [7, 11) is 1.60. The molecule has 1 aliphatic carbocycles. The molecule has 2 N–H and O–H groups in total. The lowest BCUT2D eigenvalue weighted by atomic mass is 9.96. The molecule has 0 saturated heterocycles. The van der Waals surface area contributed by atoms with Gasteiger partial charge >= 0.3 is 0 Å². The number of hydrogen-bond donors (Lipinski definition) is 2. The number of carbonyl (C=O) groups is 1. The Morgan fingerprint density at radius 3 is 2.74 bits per heavy atom. The van der Waals surface area contributed by atoms with Crippen molar-refractivity contribution < 1.29 is 9.53 Å². The number of ether oxygens (including phenoxy) is 1. The van der Waals surface area contributed by atoms with Gasteiger partial charge in [0.15, 0.2) is 0 Å². The molecule has 0 saturated carbocycles. The molecule has 118 valence electrons. The van der Waals surface area contributed by atoms with E-state index in [9.17, 15) is 4.79 Å². The summed E-state index contributed by atoms with van der Waals surface area (Å²) in [5.41, 5.74) is 10.8. The van der Waals surface area contributed by atoms with Crippen LogP contribution in [0.5, 0.6) is 5.75 Å². The van der Waals surface area contributed by atoms with E-state index in [0.29, 0.717) is 11.3 Å². The van der Waals surface area contributed by atoms with Crippen LogP contribution in [0.25, 0.3) is 6.08 Å². The fourth-order valence-electron chi connectivity index (χ4n) is 2.82. The standard InChI is InChI=1S/C19H20N2O2/c1-13-17(8-5-9-18(13)23-2)19(22)21-20-16-11-10-14-6-3-4-7-15(14)12-16/h3-9,12,20H,10-11H2,1-2H3,(H,21,22). The van der Waals surface area contributed by atoms with Gasteiger partial charge in [-0.2, -0.15) is 0 Å². The van der Waals surface area contributed by atoms with E-state index in [1.165, 1.54) is 11.1 Å². The summed E-state index contributed by atoms with van der Waals surface area (Å²) >= 11 is 0. The minimum atomic E-state index is -0.166. The van der Waals surface area contributed by atoms with E-state index in [2.05, 4.69) is 35.1 Å². The van der Waals surface area contributed by atoms with Gasteiger partial charge in [0.1, 0.15) is 5.75 Å². The Balaban J connectivity index is 1.70. The Kier molecular flexibility index (Phi) is 4.33. The number of methoxy groups -OCH3 is 1. The van der Waals surface area contributed by atoms with Crippen LogP contribution < -0.4 is 15.6 Å². The van der Waals surface area contributed by atoms with Crippen LogP contribution in [0, 0.1) is 6.92 Å². The fourth-order valence-corrected chi connectivity index (χ4v) is 2.82. The Bertz CT molecular complexity index is 766. The van der Waals surface area contributed by atoms with E-state index >= 15 is 0 Å². The summed E-state index contributed by atoms with van der Waals surface area (Å²) in [5.74, 6) is 0.546. The molecule has 23 heavy (non-hydrogen) atoms. The highest BCUT2D eigenvalue weighted by Gasteiger charge is 2.14. The van der Waals surface area contributed by atoms with E-state index in [-0.39, 0.29) is 5.91 Å². The summed E-state index contributed by atoms with van der Waals surface area (Å²) in [6.07, 6.45) is 3.94. The SMILES string of the molecule is COc1cccc(C(=O)NNC2=Cc3ccccc3CC2)c1C. The molecule has 4 nitrogen and oxygen atoms in total. The van der Waals surface area contributed by atoms with Crippen molar-refractivity contribution in [3.63, 3.8) is 0 Å². The number of rotatable bonds is 4. The average molecular weight is 308 g/mol. The van der Waals surface area contributed by atoms with Crippen molar-refractivity contribution in [2.24, 2.45) is 0 Å². The Morgan fingerprint density at radius 1 is 1.09 bits per heavy atom. The molecule has 0 bridgehead atoms. The minimum Gasteiger partial charge on any atom is -0.496 e. The Labute approximate surface area is 136 Å². The summed E-state index contributed by atoms with van der Waals surface area (Å²) in [5, 5.41) is 0. The number of hydrazine groups is 1. The van der Waals surface area contributed by atoms with Crippen LogP contribution in [0.2, 0.25) is 0 Å². The molecule has 0 atom stereocenters. The summed E-state index contributed by atoms with van der Waals surface area (Å²) in [4.78, 5) is 12.4. The number of nitrogens with one attached hydrogen (secondary N) is 2. The highest BCUT2D eigenvalue weighted by atomic mass is 16.5. The predicted octanol–water partition coefficient (Wildman–Crippen LogP) is 3.23. The van der Waals surface area contributed by atoms with E-state index in [1.54, 1.807) is 13.2 Å². The maximum absolute atomic E-state index is 12.4. The van der Waals surface area contributed by atoms with Crippen molar-refractivity contribution in [1.29, 1.82) is 0 Å². The van der Waals surface area contributed by atoms with Crippen molar-refractivity contribution in [1.82, 2.24) is 10.9 Å². The molecule has 0 fully saturated rings. The monoisotopic (exact) mass is 308 g/mol. The number of amides is 1. The van der Waals surface area contributed by atoms with Crippen molar-refractivity contribution >= 4 is 12.0 Å². The quantitative estimate of drug-likeness (QED) is 0.853. The van der Waals surface area contributed by atoms with Crippen LogP contribution in [0.3, 0.4) is 0 Å². The van der Waals surface area contributed by atoms with Crippen LogP contribution in [-0.2, 0) is 6.42 Å². The maximum atomic E-state index is 12.4. The average Bonchev–Trinajstić information content (AvgIpc) is 2.59. The molecule has 0 radical (unpaired) electrons. The first-order valence-corrected chi connectivity index (χ1v) is 7.67. The van der Waals surface area contributed by atoms with Crippen LogP contribution >= 0.6 is 0 Å². The van der Waals surface area contributed by atoms with Crippen molar-refractivity contribution in [3.8, 4) is 5.75 Å². The van der Waals surface area contributed by atoms with Gasteiger partial charge in [0.05, 0.1) is 7.11 Å². The molecule has 1 amide bonds. The predicted molar refractivity (Wildman–Crippen MR) is 91.1 cm³/mol. The number of benzene rings is 2. The molecule has 0 aliphatic heterocycles. The topological polar surface area (TPSA) is 50.4 Å². The second-order valence-corrected chi connectivity index (χ2v) is 5.58. The molecule has 1 aliphatic rings. The van der Waals surface area contributed by atoms with Gasteiger partial charge in [0.25, 0.3) is 5.91 Å². The van der Waals surface area contributed by atoms with Crippen LogP contribution in [0.4, 0.5) is 0 Å². The fraction of sp³-hybridized carbons (Fsp3) is 0.211. The Morgan fingerprint density at radius 2 is 1.91 bits per heavy atom. The van der Waals surface area contributed by atoms with Gasteiger partial charge < -0.3 is 10.2 Å². The third kappa shape index (κ3) is 3.21. The highest BCUT2D eigenvalue weighted by Crippen LogP contribution is 2.22. The third-order valence-corrected chi connectivity index (χ3v) is 4.13. The van der Waals surface area contributed by atoms with Crippen LogP contribution in [-0.4, -0.2) is 13.0 Å². The number of aryl methyl sites for hydroxylation is 1. The molecule has 2 aromatic carbocycles. The molecular formula is C19H20N2O2. The lowest BCUT2D eigenvalue weighted by molar-refractivity contribution is 0.0937. The van der Waals surface area contributed by atoms with Gasteiger partial charge in [0, 0.05) is 16.8 Å². The van der Waals surface area contributed by atoms with E-state index in [0.717, 1.165) is 24.1 Å². The zero-order valence-electron chi connectivity index (χ0n) is 13.3. The van der Waals surface area contributed by atoms with Crippen molar-refractivity contribution in [2.45, 2.75) is 19.8 Å². The number of fused-ring (bicyclic) bond motifs is 1. The lowest BCUT2D eigenvalue weighted by Gasteiger charge is -2.19. The Hall–Kier alpha value is -2.75. The van der Waals surface area contributed by atoms with Gasteiger partial charge in [-0.3, -0.25) is 10.2 Å².